The fourth-order valence-electron chi connectivity index (χ4n) is 5.10. The third-order valence-electron chi connectivity index (χ3n) is 7.23. The number of nitrogens with one attached hydrogen (secondary N) is 1. The Morgan fingerprint density at radius 1 is 1.00 bits per heavy atom. The van der Waals surface area contributed by atoms with Gasteiger partial charge in [0.1, 0.15) is 5.54 Å². The number of ether oxygens (including phenoxy) is 2. The maximum atomic E-state index is 14.2. The van der Waals surface area contributed by atoms with Gasteiger partial charge >= 0.3 is 0 Å². The van der Waals surface area contributed by atoms with Crippen LogP contribution in [0.5, 0.6) is 11.5 Å². The Morgan fingerprint density at radius 2 is 1.73 bits per heavy atom. The van der Waals surface area contributed by atoms with Crippen LogP contribution >= 0.6 is 0 Å². The van der Waals surface area contributed by atoms with Crippen LogP contribution in [-0.4, -0.2) is 31.4 Å². The van der Waals surface area contributed by atoms with E-state index in [0.717, 1.165) is 41.8 Å². The Bertz CT molecular complexity index is 1240. The van der Waals surface area contributed by atoms with E-state index in [4.69, 9.17) is 14.6 Å². The molecule has 4 rings (SSSR count). The zero-order valence-corrected chi connectivity index (χ0v) is 22.5. The normalized spacial score (nSPS) is 18.9. The first-order valence-corrected chi connectivity index (χ1v) is 12.9. The van der Waals surface area contributed by atoms with Crippen molar-refractivity contribution >= 4 is 17.3 Å². The molecule has 1 aliphatic heterocycles. The minimum absolute atomic E-state index is 0.0757. The summed E-state index contributed by atoms with van der Waals surface area (Å²) >= 11 is 0. The molecule has 0 saturated heterocycles. The van der Waals surface area contributed by atoms with Crippen molar-refractivity contribution in [3.63, 3.8) is 0 Å². The minimum atomic E-state index is -0.914. The second-order valence-corrected chi connectivity index (χ2v) is 9.68. The molecule has 0 fully saturated rings. The summed E-state index contributed by atoms with van der Waals surface area (Å²) < 4.78 is 11.0. The largest absolute Gasteiger partial charge is 0.493 e. The van der Waals surface area contributed by atoms with Gasteiger partial charge in [0.25, 0.3) is 0 Å². The van der Waals surface area contributed by atoms with Crippen molar-refractivity contribution < 1.29 is 14.3 Å². The molecule has 2 unspecified atom stereocenters. The standard InChI is InChI=1S/C31H37N3O3/c1-6-7-15-26-28(23-19-17-22(2)18-20-23)33-34(25-13-9-8-10-14-25)31(26,3)30(35)32-21-24-12-11-16-27(36-4)29(24)37-5/h8-14,16-20,26H,6-7,15,21H2,1-5H3,(H,32,35). The number of methoxy groups -OCH3 is 2. The Labute approximate surface area is 220 Å². The van der Waals surface area contributed by atoms with E-state index in [0.29, 0.717) is 18.0 Å². The smallest absolute Gasteiger partial charge is 0.248 e. The van der Waals surface area contributed by atoms with Gasteiger partial charge < -0.3 is 14.8 Å². The van der Waals surface area contributed by atoms with E-state index < -0.39 is 5.54 Å². The molecule has 0 saturated carbocycles. The SMILES string of the molecule is CCCCC1C(c2ccc(C)cc2)=NN(c2ccccc2)C1(C)C(=O)NCc1cccc(OC)c1OC. The van der Waals surface area contributed by atoms with Gasteiger partial charge in [0.2, 0.25) is 5.91 Å². The monoisotopic (exact) mass is 499 g/mol. The predicted molar refractivity (Wildman–Crippen MR) is 149 cm³/mol. The Hall–Kier alpha value is -3.80. The van der Waals surface area contributed by atoms with Gasteiger partial charge in [0, 0.05) is 18.0 Å². The average molecular weight is 500 g/mol. The van der Waals surface area contributed by atoms with Crippen molar-refractivity contribution in [3.8, 4) is 11.5 Å². The van der Waals surface area contributed by atoms with Crippen LogP contribution in [0.4, 0.5) is 5.69 Å². The Kier molecular flexibility index (Phi) is 8.17. The first kappa shape index (κ1) is 26.3. The lowest BCUT2D eigenvalue weighted by Crippen LogP contribution is -2.57. The number of amides is 1. The number of hydrogen-bond donors (Lipinski definition) is 1. The number of hydrazone groups is 1. The zero-order chi connectivity index (χ0) is 26.4. The molecular formula is C31H37N3O3. The number of unbranched alkanes of at least 4 members (excludes halogenated alkanes) is 1. The molecule has 0 aliphatic carbocycles. The molecule has 6 heteroatoms. The quantitative estimate of drug-likeness (QED) is 0.365. The molecule has 3 aromatic carbocycles. The first-order chi connectivity index (χ1) is 17.9. The van der Waals surface area contributed by atoms with Crippen molar-refractivity contribution in [2.45, 2.75) is 52.1 Å². The summed E-state index contributed by atoms with van der Waals surface area (Å²) in [5.41, 5.74) is 4.03. The highest BCUT2D eigenvalue weighted by Gasteiger charge is 2.53. The third-order valence-corrected chi connectivity index (χ3v) is 7.23. The molecular weight excluding hydrogens is 462 g/mol. The number of nitrogens with zero attached hydrogens (tertiary/aromatic N) is 2. The van der Waals surface area contributed by atoms with Crippen LogP contribution in [0.15, 0.2) is 77.9 Å². The molecule has 1 N–H and O–H groups in total. The van der Waals surface area contributed by atoms with Gasteiger partial charge in [-0.3, -0.25) is 4.79 Å². The van der Waals surface area contributed by atoms with Crippen molar-refractivity contribution in [2.75, 3.05) is 19.2 Å². The predicted octanol–water partition coefficient (Wildman–Crippen LogP) is 6.12. The second kappa shape index (κ2) is 11.5. The summed E-state index contributed by atoms with van der Waals surface area (Å²) in [7, 11) is 3.22. The summed E-state index contributed by atoms with van der Waals surface area (Å²) in [6, 6.07) is 24.1. The number of aryl methyl sites for hydroxylation is 1. The van der Waals surface area contributed by atoms with Gasteiger partial charge in [0.05, 0.1) is 25.6 Å². The molecule has 0 radical (unpaired) electrons. The molecule has 0 aromatic heterocycles. The molecule has 3 aromatic rings. The van der Waals surface area contributed by atoms with Gasteiger partial charge in [-0.2, -0.15) is 5.10 Å². The molecule has 1 aliphatic rings. The number of benzene rings is 3. The van der Waals surface area contributed by atoms with Crippen LogP contribution in [0.2, 0.25) is 0 Å². The van der Waals surface area contributed by atoms with Crippen LogP contribution in [0.25, 0.3) is 0 Å². The van der Waals surface area contributed by atoms with E-state index in [9.17, 15) is 4.79 Å². The highest BCUT2D eigenvalue weighted by atomic mass is 16.5. The van der Waals surface area contributed by atoms with Crippen molar-refractivity contribution in [1.82, 2.24) is 5.32 Å². The van der Waals surface area contributed by atoms with Crippen LogP contribution in [0.1, 0.15) is 49.8 Å². The molecule has 1 heterocycles. The fraction of sp³-hybridized carbons (Fsp3) is 0.355. The molecule has 0 bridgehead atoms. The Balaban J connectivity index is 1.73. The van der Waals surface area contributed by atoms with Gasteiger partial charge in [-0.05, 0) is 44.0 Å². The van der Waals surface area contributed by atoms with Gasteiger partial charge in [-0.25, -0.2) is 5.01 Å². The summed E-state index contributed by atoms with van der Waals surface area (Å²) in [5.74, 6) is 1.11. The molecule has 0 spiro atoms. The Morgan fingerprint density at radius 3 is 2.38 bits per heavy atom. The van der Waals surface area contributed by atoms with Gasteiger partial charge in [0.15, 0.2) is 11.5 Å². The fourth-order valence-corrected chi connectivity index (χ4v) is 5.10. The molecule has 194 valence electrons. The van der Waals surface area contributed by atoms with E-state index in [-0.39, 0.29) is 11.8 Å². The second-order valence-electron chi connectivity index (χ2n) is 9.68. The van der Waals surface area contributed by atoms with Gasteiger partial charge in [-0.1, -0.05) is 79.9 Å². The van der Waals surface area contributed by atoms with Crippen molar-refractivity contribution in [1.29, 1.82) is 0 Å². The topological polar surface area (TPSA) is 63.2 Å². The van der Waals surface area contributed by atoms with E-state index in [1.54, 1.807) is 14.2 Å². The molecule has 37 heavy (non-hydrogen) atoms. The van der Waals surface area contributed by atoms with Crippen LogP contribution in [-0.2, 0) is 11.3 Å². The molecule has 1 amide bonds. The summed E-state index contributed by atoms with van der Waals surface area (Å²) in [6.07, 6.45) is 2.91. The summed E-state index contributed by atoms with van der Waals surface area (Å²) in [4.78, 5) is 14.2. The van der Waals surface area contributed by atoms with Gasteiger partial charge in [-0.15, -0.1) is 0 Å². The number of hydrogen-bond acceptors (Lipinski definition) is 5. The number of carbonyl (C=O) groups is 1. The van der Waals surface area contributed by atoms with E-state index in [1.165, 1.54) is 5.56 Å². The van der Waals surface area contributed by atoms with E-state index in [2.05, 4.69) is 43.4 Å². The molecule has 6 nitrogen and oxygen atoms in total. The minimum Gasteiger partial charge on any atom is -0.493 e. The number of carbonyl (C=O) groups excluding carboxylic acids is 1. The molecule has 2 atom stereocenters. The summed E-state index contributed by atoms with van der Waals surface area (Å²) in [6.45, 7) is 6.59. The van der Waals surface area contributed by atoms with E-state index >= 15 is 0 Å². The first-order valence-electron chi connectivity index (χ1n) is 12.9. The number of rotatable bonds is 10. The lowest BCUT2D eigenvalue weighted by atomic mass is 9.76. The highest BCUT2D eigenvalue weighted by molar-refractivity contribution is 6.10. The lowest BCUT2D eigenvalue weighted by Gasteiger charge is -2.37. The highest BCUT2D eigenvalue weighted by Crippen LogP contribution is 2.42. The lowest BCUT2D eigenvalue weighted by molar-refractivity contribution is -0.127. The number of para-hydroxylation sites is 2. The van der Waals surface area contributed by atoms with Crippen molar-refractivity contribution in [2.24, 2.45) is 11.0 Å². The van der Waals surface area contributed by atoms with E-state index in [1.807, 2.05) is 60.5 Å². The van der Waals surface area contributed by atoms with Crippen LogP contribution in [0.3, 0.4) is 0 Å². The maximum Gasteiger partial charge on any atom is 0.248 e. The maximum absolute atomic E-state index is 14.2. The number of anilines is 1. The van der Waals surface area contributed by atoms with Crippen LogP contribution in [0, 0.1) is 12.8 Å². The zero-order valence-electron chi connectivity index (χ0n) is 22.5. The average Bonchev–Trinajstić information content (AvgIpc) is 3.23. The van der Waals surface area contributed by atoms with Crippen molar-refractivity contribution in [3.05, 3.63) is 89.5 Å². The van der Waals surface area contributed by atoms with Crippen LogP contribution < -0.4 is 19.8 Å². The third kappa shape index (κ3) is 5.19. The summed E-state index contributed by atoms with van der Waals surface area (Å²) in [5, 5.41) is 10.2.